The van der Waals surface area contributed by atoms with Crippen LogP contribution >= 0.6 is 23.2 Å². The minimum atomic E-state index is -0.676. The Morgan fingerprint density at radius 2 is 1.94 bits per heavy atom. The first-order valence-electron chi connectivity index (χ1n) is 12.0. The Morgan fingerprint density at radius 1 is 1.18 bits per heavy atom. The van der Waals surface area contributed by atoms with E-state index in [0.717, 1.165) is 54.1 Å². The molecule has 0 saturated heterocycles. The largest absolute Gasteiger partial charge is 0.335 e. The van der Waals surface area contributed by atoms with Crippen LogP contribution in [0.3, 0.4) is 0 Å². The fourth-order valence-electron chi connectivity index (χ4n) is 5.46. The highest BCUT2D eigenvalue weighted by molar-refractivity contribution is 6.35. The minimum absolute atomic E-state index is 0.0182. The van der Waals surface area contributed by atoms with Gasteiger partial charge in [0.25, 0.3) is 0 Å². The number of rotatable bonds is 4. The lowest BCUT2D eigenvalue weighted by atomic mass is 9.91. The van der Waals surface area contributed by atoms with Crippen molar-refractivity contribution in [3.8, 4) is 0 Å². The first-order valence-corrected chi connectivity index (χ1v) is 12.8. The molecule has 5 nitrogen and oxygen atoms in total. The Bertz CT molecular complexity index is 1270. The second-order valence-electron chi connectivity index (χ2n) is 9.75. The maximum atomic E-state index is 13.2. The molecule has 1 aromatic heterocycles. The molecule has 1 aliphatic heterocycles. The van der Waals surface area contributed by atoms with Gasteiger partial charge in [0.2, 0.25) is 5.91 Å². The van der Waals surface area contributed by atoms with Crippen LogP contribution in [0, 0.1) is 0 Å². The fourth-order valence-corrected chi connectivity index (χ4v) is 6.03. The molecule has 1 amide bonds. The number of hydrogen-bond donors (Lipinski definition) is 1. The third-order valence-corrected chi connectivity index (χ3v) is 8.05. The summed E-state index contributed by atoms with van der Waals surface area (Å²) in [4.78, 5) is 15.1. The average Bonchev–Trinajstić information content (AvgIpc) is 3.45. The summed E-state index contributed by atoms with van der Waals surface area (Å²) in [6, 6.07) is 12.0. The van der Waals surface area contributed by atoms with E-state index in [2.05, 4.69) is 43.2 Å². The molecule has 2 N–H and O–H groups in total. The van der Waals surface area contributed by atoms with Gasteiger partial charge in [0.1, 0.15) is 0 Å². The van der Waals surface area contributed by atoms with E-state index in [1.165, 1.54) is 5.57 Å². The third kappa shape index (κ3) is 4.15. The Labute approximate surface area is 210 Å². The number of benzene rings is 2. The summed E-state index contributed by atoms with van der Waals surface area (Å²) < 4.78 is 2.01. The monoisotopic (exact) mass is 496 g/mol. The van der Waals surface area contributed by atoms with Gasteiger partial charge >= 0.3 is 0 Å². The van der Waals surface area contributed by atoms with Crippen LogP contribution in [0.5, 0.6) is 0 Å². The second kappa shape index (κ2) is 9.03. The number of nitrogens with zero attached hydrogens (tertiary/aromatic N) is 3. The van der Waals surface area contributed by atoms with Gasteiger partial charge in [0, 0.05) is 28.0 Å². The summed E-state index contributed by atoms with van der Waals surface area (Å²) in [5.41, 5.74) is 10.2. The molecule has 7 heteroatoms. The fraction of sp³-hybridized carbons (Fsp3) is 0.407. The molecule has 0 spiro atoms. The molecule has 1 unspecified atom stereocenters. The van der Waals surface area contributed by atoms with Gasteiger partial charge in [-0.3, -0.25) is 9.48 Å². The lowest BCUT2D eigenvalue weighted by molar-refractivity contribution is -0.138. The highest BCUT2D eigenvalue weighted by Gasteiger charge is 2.41. The Kier molecular flexibility index (Phi) is 6.21. The van der Waals surface area contributed by atoms with Crippen molar-refractivity contribution in [3.05, 3.63) is 69.8 Å². The quantitative estimate of drug-likeness (QED) is 0.465. The lowest BCUT2D eigenvalue weighted by Gasteiger charge is -2.37. The molecular formula is C27H30Cl2N4O. The number of fused-ring (bicyclic) bond motifs is 1. The van der Waals surface area contributed by atoms with Crippen molar-refractivity contribution in [2.24, 2.45) is 5.73 Å². The zero-order valence-electron chi connectivity index (χ0n) is 19.6. The van der Waals surface area contributed by atoms with Crippen LogP contribution in [0.4, 0.5) is 0 Å². The summed E-state index contributed by atoms with van der Waals surface area (Å²) in [5.74, 6) is 0.106. The maximum absolute atomic E-state index is 13.2. The number of carbonyl (C=O) groups is 1. The minimum Gasteiger partial charge on any atom is -0.335 e. The molecule has 0 bridgehead atoms. The van der Waals surface area contributed by atoms with E-state index >= 15 is 0 Å². The van der Waals surface area contributed by atoms with E-state index < -0.39 is 5.54 Å². The molecule has 0 radical (unpaired) electrons. The SMILES string of the molecule is CC(c1ccc(Cl)cc1Cl)n1ncc2ccc(C3=C[C@@H](C)N(C(=O)C4(N)CCCC4)CC3)cc21. The van der Waals surface area contributed by atoms with E-state index in [1.807, 2.05) is 27.9 Å². The zero-order chi connectivity index (χ0) is 24.0. The third-order valence-electron chi connectivity index (χ3n) is 7.49. The van der Waals surface area contributed by atoms with Crippen molar-refractivity contribution in [2.75, 3.05) is 6.54 Å². The number of halogens is 2. The van der Waals surface area contributed by atoms with Crippen LogP contribution in [0.2, 0.25) is 10.0 Å². The lowest BCUT2D eigenvalue weighted by Crippen LogP contribution is -2.56. The molecule has 1 aliphatic carbocycles. The Hall–Kier alpha value is -2.34. The highest BCUT2D eigenvalue weighted by Crippen LogP contribution is 2.35. The number of nitrogens with two attached hydrogens (primary N) is 1. The summed E-state index contributed by atoms with van der Waals surface area (Å²) in [5, 5.41) is 6.99. The van der Waals surface area contributed by atoms with Crippen LogP contribution in [0.15, 0.2) is 48.7 Å². The van der Waals surface area contributed by atoms with Gasteiger partial charge in [-0.2, -0.15) is 5.10 Å². The van der Waals surface area contributed by atoms with E-state index in [-0.39, 0.29) is 18.0 Å². The molecule has 2 heterocycles. The second-order valence-corrected chi connectivity index (χ2v) is 10.6. The molecule has 178 valence electrons. The summed E-state index contributed by atoms with van der Waals surface area (Å²) in [7, 11) is 0. The molecule has 1 fully saturated rings. The van der Waals surface area contributed by atoms with Crippen molar-refractivity contribution in [1.82, 2.24) is 14.7 Å². The summed E-state index contributed by atoms with van der Waals surface area (Å²) in [6.45, 7) is 4.87. The molecule has 34 heavy (non-hydrogen) atoms. The van der Waals surface area contributed by atoms with Gasteiger partial charge in [-0.1, -0.05) is 60.3 Å². The normalized spacial score (nSPS) is 21.0. The van der Waals surface area contributed by atoms with Crippen LogP contribution < -0.4 is 5.73 Å². The van der Waals surface area contributed by atoms with Crippen molar-refractivity contribution in [1.29, 1.82) is 0 Å². The van der Waals surface area contributed by atoms with E-state index in [1.54, 1.807) is 6.07 Å². The van der Waals surface area contributed by atoms with Crippen molar-refractivity contribution in [2.45, 2.75) is 63.6 Å². The molecule has 3 aromatic rings. The first kappa shape index (κ1) is 23.4. The van der Waals surface area contributed by atoms with Crippen molar-refractivity contribution in [3.63, 3.8) is 0 Å². The summed E-state index contributed by atoms with van der Waals surface area (Å²) in [6.07, 6.45) is 8.58. The van der Waals surface area contributed by atoms with Gasteiger partial charge in [0.05, 0.1) is 23.3 Å². The van der Waals surface area contributed by atoms with Gasteiger partial charge in [-0.25, -0.2) is 0 Å². The Morgan fingerprint density at radius 3 is 2.65 bits per heavy atom. The number of carbonyl (C=O) groups excluding carboxylic acids is 1. The topological polar surface area (TPSA) is 64.2 Å². The first-order chi connectivity index (χ1) is 16.3. The predicted molar refractivity (Wildman–Crippen MR) is 139 cm³/mol. The Balaban J connectivity index is 1.43. The number of amides is 1. The smallest absolute Gasteiger partial charge is 0.243 e. The van der Waals surface area contributed by atoms with Crippen LogP contribution in [-0.4, -0.2) is 38.7 Å². The van der Waals surface area contributed by atoms with Crippen LogP contribution in [0.25, 0.3) is 16.5 Å². The van der Waals surface area contributed by atoms with Crippen LogP contribution in [0.1, 0.15) is 63.1 Å². The predicted octanol–water partition coefficient (Wildman–Crippen LogP) is 6.23. The number of aromatic nitrogens is 2. The number of hydrogen-bond acceptors (Lipinski definition) is 3. The van der Waals surface area contributed by atoms with E-state index in [4.69, 9.17) is 28.9 Å². The van der Waals surface area contributed by atoms with E-state index in [9.17, 15) is 4.79 Å². The van der Waals surface area contributed by atoms with E-state index in [0.29, 0.717) is 16.6 Å². The molecule has 2 aliphatic rings. The molecule has 5 rings (SSSR count). The molecule has 2 atom stereocenters. The van der Waals surface area contributed by atoms with Gasteiger partial charge in [0.15, 0.2) is 0 Å². The van der Waals surface area contributed by atoms with Gasteiger partial charge in [-0.05, 0) is 68.0 Å². The molecular weight excluding hydrogens is 467 g/mol. The van der Waals surface area contributed by atoms with Gasteiger partial charge in [-0.15, -0.1) is 0 Å². The zero-order valence-corrected chi connectivity index (χ0v) is 21.1. The van der Waals surface area contributed by atoms with Crippen molar-refractivity contribution < 1.29 is 4.79 Å². The maximum Gasteiger partial charge on any atom is 0.243 e. The van der Waals surface area contributed by atoms with Crippen LogP contribution in [-0.2, 0) is 4.79 Å². The average molecular weight is 497 g/mol. The van der Waals surface area contributed by atoms with Crippen molar-refractivity contribution >= 4 is 45.6 Å². The molecule has 2 aromatic carbocycles. The summed E-state index contributed by atoms with van der Waals surface area (Å²) >= 11 is 12.6. The molecule has 1 saturated carbocycles. The van der Waals surface area contributed by atoms with Gasteiger partial charge < -0.3 is 10.6 Å². The standard InChI is InChI=1S/C27H30Cl2N4O/c1-17-13-20(9-12-32(17)26(34)27(30)10-3-4-11-27)19-5-6-21-16-31-33(25(21)14-19)18(2)23-8-7-22(28)15-24(23)29/h5-8,13-18H,3-4,9-12,30H2,1-2H3/t17-,18?/m1/s1. The highest BCUT2D eigenvalue weighted by atomic mass is 35.5.